The average molecular weight is 318 g/mol. The fourth-order valence-corrected chi connectivity index (χ4v) is 3.54. The van der Waals surface area contributed by atoms with E-state index in [1.165, 1.54) is 0 Å². The molecule has 5 nitrogen and oxygen atoms in total. The molecule has 2 aliphatic rings. The standard InChI is InChI=1S/C18H26N2O3/c1-3-18(22)20-13(2)10-15-11-14(4-5-16(15)20)17(21)12-19-6-8-23-9-7-19/h4-5,11,13,17,21H,3,6-10,12H2,1-2H3/t13-,17+/m0/s1. The molecule has 0 aliphatic carbocycles. The maximum absolute atomic E-state index is 12.1. The van der Waals surface area contributed by atoms with Gasteiger partial charge in [-0.25, -0.2) is 0 Å². The van der Waals surface area contributed by atoms with E-state index in [1.54, 1.807) is 0 Å². The molecule has 1 N–H and O–H groups in total. The summed E-state index contributed by atoms with van der Waals surface area (Å²) in [6, 6.07) is 6.21. The van der Waals surface area contributed by atoms with Gasteiger partial charge in [0.1, 0.15) is 0 Å². The molecule has 126 valence electrons. The summed E-state index contributed by atoms with van der Waals surface area (Å²) in [5.41, 5.74) is 3.11. The molecule has 0 bridgehead atoms. The highest BCUT2D eigenvalue weighted by Gasteiger charge is 2.30. The van der Waals surface area contributed by atoms with Crippen molar-refractivity contribution in [1.29, 1.82) is 0 Å². The largest absolute Gasteiger partial charge is 0.387 e. The number of aliphatic hydroxyl groups excluding tert-OH is 1. The number of β-amino-alcohol motifs (C(OH)–C–C–N with tert-alkyl or cyclic N) is 1. The minimum atomic E-state index is -0.496. The molecule has 1 aromatic carbocycles. The highest BCUT2D eigenvalue weighted by Crippen LogP contribution is 2.34. The molecule has 1 fully saturated rings. The predicted octanol–water partition coefficient (Wildman–Crippen LogP) is 1.74. The number of carbonyl (C=O) groups excluding carboxylic acids is 1. The molecule has 0 unspecified atom stereocenters. The van der Waals surface area contributed by atoms with Gasteiger partial charge in [0.2, 0.25) is 5.91 Å². The van der Waals surface area contributed by atoms with Gasteiger partial charge in [0.15, 0.2) is 0 Å². The quantitative estimate of drug-likeness (QED) is 0.919. The van der Waals surface area contributed by atoms with Crippen molar-refractivity contribution < 1.29 is 14.6 Å². The number of ether oxygens (including phenoxy) is 1. The molecule has 23 heavy (non-hydrogen) atoms. The van der Waals surface area contributed by atoms with Crippen molar-refractivity contribution in [1.82, 2.24) is 4.90 Å². The molecule has 2 atom stereocenters. The zero-order valence-corrected chi connectivity index (χ0v) is 14.0. The number of nitrogens with zero attached hydrogens (tertiary/aromatic N) is 2. The van der Waals surface area contributed by atoms with Gasteiger partial charge in [-0.05, 0) is 30.5 Å². The smallest absolute Gasteiger partial charge is 0.226 e. The van der Waals surface area contributed by atoms with Gasteiger partial charge in [-0.15, -0.1) is 0 Å². The van der Waals surface area contributed by atoms with Crippen molar-refractivity contribution in [3.63, 3.8) is 0 Å². The third kappa shape index (κ3) is 3.42. The second-order valence-corrected chi connectivity index (χ2v) is 6.49. The van der Waals surface area contributed by atoms with Crippen LogP contribution in [0.4, 0.5) is 5.69 Å². The van der Waals surface area contributed by atoms with E-state index in [9.17, 15) is 9.90 Å². The van der Waals surface area contributed by atoms with Crippen LogP contribution in [-0.4, -0.2) is 54.8 Å². The first kappa shape index (κ1) is 16.4. The van der Waals surface area contributed by atoms with Crippen molar-refractivity contribution in [2.45, 2.75) is 38.8 Å². The van der Waals surface area contributed by atoms with E-state index in [0.717, 1.165) is 49.5 Å². The molecular formula is C18H26N2O3. The molecule has 1 saturated heterocycles. The minimum Gasteiger partial charge on any atom is -0.387 e. The monoisotopic (exact) mass is 318 g/mol. The Labute approximate surface area is 137 Å². The van der Waals surface area contributed by atoms with E-state index in [1.807, 2.05) is 24.0 Å². The lowest BCUT2D eigenvalue weighted by molar-refractivity contribution is -0.118. The van der Waals surface area contributed by atoms with E-state index in [0.29, 0.717) is 13.0 Å². The van der Waals surface area contributed by atoms with Gasteiger partial charge in [0.05, 0.1) is 19.3 Å². The number of anilines is 1. The van der Waals surface area contributed by atoms with Crippen LogP contribution in [0.2, 0.25) is 0 Å². The number of amides is 1. The molecule has 0 saturated carbocycles. The average Bonchev–Trinajstić information content (AvgIpc) is 2.90. The first-order chi connectivity index (χ1) is 11.1. The van der Waals surface area contributed by atoms with Gasteiger partial charge >= 0.3 is 0 Å². The number of rotatable bonds is 4. The van der Waals surface area contributed by atoms with Crippen molar-refractivity contribution in [2.75, 3.05) is 37.7 Å². The van der Waals surface area contributed by atoms with Crippen molar-refractivity contribution in [2.24, 2.45) is 0 Å². The Hall–Kier alpha value is -1.43. The van der Waals surface area contributed by atoms with Gasteiger partial charge in [-0.2, -0.15) is 0 Å². The molecule has 2 heterocycles. The van der Waals surface area contributed by atoms with E-state index >= 15 is 0 Å². The Morgan fingerprint density at radius 1 is 1.39 bits per heavy atom. The molecule has 0 spiro atoms. The van der Waals surface area contributed by atoms with Crippen LogP contribution >= 0.6 is 0 Å². The fraction of sp³-hybridized carbons (Fsp3) is 0.611. The summed E-state index contributed by atoms with van der Waals surface area (Å²) in [5.74, 6) is 0.165. The van der Waals surface area contributed by atoms with Crippen LogP contribution in [0, 0.1) is 0 Å². The number of morpholine rings is 1. The first-order valence-corrected chi connectivity index (χ1v) is 8.53. The third-order valence-corrected chi connectivity index (χ3v) is 4.81. The van der Waals surface area contributed by atoms with Crippen molar-refractivity contribution in [3.05, 3.63) is 29.3 Å². The summed E-state index contributed by atoms with van der Waals surface area (Å²) < 4.78 is 5.34. The maximum atomic E-state index is 12.1. The lowest BCUT2D eigenvalue weighted by Crippen LogP contribution is -2.38. The summed E-state index contributed by atoms with van der Waals surface area (Å²) >= 11 is 0. The highest BCUT2D eigenvalue weighted by atomic mass is 16.5. The van der Waals surface area contributed by atoms with Crippen LogP contribution in [-0.2, 0) is 16.0 Å². The van der Waals surface area contributed by atoms with Crippen molar-refractivity contribution >= 4 is 11.6 Å². The van der Waals surface area contributed by atoms with Crippen LogP contribution in [0.1, 0.15) is 37.5 Å². The summed E-state index contributed by atoms with van der Waals surface area (Å²) in [5, 5.41) is 10.5. The molecule has 0 aromatic heterocycles. The number of benzene rings is 1. The number of hydrogen-bond donors (Lipinski definition) is 1. The molecule has 1 amide bonds. The number of fused-ring (bicyclic) bond motifs is 1. The summed E-state index contributed by atoms with van der Waals surface area (Å²) in [7, 11) is 0. The Morgan fingerprint density at radius 2 is 2.13 bits per heavy atom. The Balaban J connectivity index is 1.73. The molecule has 3 rings (SSSR count). The van der Waals surface area contributed by atoms with Crippen LogP contribution in [0.25, 0.3) is 0 Å². The lowest BCUT2D eigenvalue weighted by atomic mass is 10.0. The Bertz CT molecular complexity index is 569. The molecule has 5 heteroatoms. The fourth-order valence-electron chi connectivity index (χ4n) is 3.54. The van der Waals surface area contributed by atoms with Gasteiger partial charge in [0, 0.05) is 37.8 Å². The minimum absolute atomic E-state index is 0.165. The summed E-state index contributed by atoms with van der Waals surface area (Å²) in [6.45, 7) is 7.83. The Kier molecular flexibility index (Phi) is 4.99. The van der Waals surface area contributed by atoms with Gasteiger partial charge < -0.3 is 14.7 Å². The Morgan fingerprint density at radius 3 is 2.83 bits per heavy atom. The van der Waals surface area contributed by atoms with Crippen LogP contribution in [0.15, 0.2) is 18.2 Å². The van der Waals surface area contributed by atoms with Crippen molar-refractivity contribution in [3.8, 4) is 0 Å². The molecule has 0 radical (unpaired) electrons. The number of aliphatic hydroxyl groups is 1. The number of carbonyl (C=O) groups is 1. The van der Waals surface area contributed by atoms with E-state index in [4.69, 9.17) is 4.74 Å². The van der Waals surface area contributed by atoms with Gasteiger partial charge in [-0.3, -0.25) is 9.69 Å². The normalized spacial score (nSPS) is 22.9. The SMILES string of the molecule is CCC(=O)N1c2ccc([C@H](O)CN3CCOCC3)cc2C[C@@H]1C. The van der Waals surface area contributed by atoms with E-state index in [2.05, 4.69) is 17.9 Å². The zero-order valence-electron chi connectivity index (χ0n) is 14.0. The van der Waals surface area contributed by atoms with Gasteiger partial charge in [-0.1, -0.05) is 19.1 Å². The van der Waals surface area contributed by atoms with Crippen LogP contribution in [0.3, 0.4) is 0 Å². The first-order valence-electron chi connectivity index (χ1n) is 8.53. The number of hydrogen-bond acceptors (Lipinski definition) is 4. The topological polar surface area (TPSA) is 53.0 Å². The second-order valence-electron chi connectivity index (χ2n) is 6.49. The van der Waals surface area contributed by atoms with Gasteiger partial charge in [0.25, 0.3) is 0 Å². The van der Waals surface area contributed by atoms with Crippen LogP contribution in [0.5, 0.6) is 0 Å². The van der Waals surface area contributed by atoms with E-state index < -0.39 is 6.10 Å². The predicted molar refractivity (Wildman–Crippen MR) is 89.6 cm³/mol. The van der Waals surface area contributed by atoms with E-state index in [-0.39, 0.29) is 11.9 Å². The zero-order chi connectivity index (χ0) is 16.4. The molecular weight excluding hydrogens is 292 g/mol. The maximum Gasteiger partial charge on any atom is 0.226 e. The molecule has 1 aromatic rings. The summed E-state index contributed by atoms with van der Waals surface area (Å²) in [6.07, 6.45) is 0.884. The second kappa shape index (κ2) is 6.99. The van der Waals surface area contributed by atoms with Crippen LogP contribution < -0.4 is 4.90 Å². The lowest BCUT2D eigenvalue weighted by Gasteiger charge is -2.28. The highest BCUT2D eigenvalue weighted by molar-refractivity contribution is 5.96. The third-order valence-electron chi connectivity index (χ3n) is 4.81. The summed E-state index contributed by atoms with van der Waals surface area (Å²) in [4.78, 5) is 16.3. The molecule has 2 aliphatic heterocycles.